The lowest BCUT2D eigenvalue weighted by atomic mass is 9.84. The number of carbonyl (C=O) groups excluding carboxylic acids is 2. The van der Waals surface area contributed by atoms with Crippen molar-refractivity contribution < 1.29 is 14.7 Å². The summed E-state index contributed by atoms with van der Waals surface area (Å²) in [6, 6.07) is 11.1. The summed E-state index contributed by atoms with van der Waals surface area (Å²) in [4.78, 5) is 26.5. The van der Waals surface area contributed by atoms with E-state index >= 15 is 0 Å². The second-order valence-corrected chi connectivity index (χ2v) is 8.91. The van der Waals surface area contributed by atoms with Crippen LogP contribution in [0.15, 0.2) is 36.4 Å². The van der Waals surface area contributed by atoms with Crippen LogP contribution in [-0.2, 0) is 21.5 Å². The van der Waals surface area contributed by atoms with Crippen LogP contribution >= 0.6 is 22.9 Å². The third kappa shape index (κ3) is 4.93. The molecule has 1 aromatic heterocycles. The van der Waals surface area contributed by atoms with Crippen LogP contribution < -0.4 is 10.6 Å². The lowest BCUT2D eigenvalue weighted by Gasteiger charge is -2.28. The van der Waals surface area contributed by atoms with Crippen LogP contribution in [0.4, 0.5) is 0 Å². The molecule has 1 aromatic carbocycles. The van der Waals surface area contributed by atoms with Crippen molar-refractivity contribution in [2.75, 3.05) is 6.54 Å². The molecule has 0 bridgehead atoms. The maximum atomic E-state index is 12.3. The van der Waals surface area contributed by atoms with E-state index in [9.17, 15) is 14.7 Å². The molecule has 1 aliphatic rings. The van der Waals surface area contributed by atoms with Gasteiger partial charge in [0.2, 0.25) is 0 Å². The van der Waals surface area contributed by atoms with E-state index in [1.807, 2.05) is 24.3 Å². The lowest BCUT2D eigenvalue weighted by Crippen LogP contribution is -2.45. The Morgan fingerprint density at radius 3 is 2.36 bits per heavy atom. The second-order valence-electron chi connectivity index (χ2n) is 7.36. The van der Waals surface area contributed by atoms with Gasteiger partial charge < -0.3 is 15.7 Å². The van der Waals surface area contributed by atoms with Gasteiger partial charge in [-0.05, 0) is 49.6 Å². The molecule has 2 aromatic rings. The fourth-order valence-electron chi connectivity index (χ4n) is 3.62. The number of benzene rings is 1. The molecule has 5 nitrogen and oxygen atoms in total. The number of halogens is 1. The van der Waals surface area contributed by atoms with Crippen molar-refractivity contribution in [3.63, 3.8) is 0 Å². The van der Waals surface area contributed by atoms with E-state index < -0.39 is 17.9 Å². The molecule has 1 aliphatic carbocycles. The summed E-state index contributed by atoms with van der Waals surface area (Å²) in [6.45, 7) is 2.46. The van der Waals surface area contributed by atoms with Crippen molar-refractivity contribution in [1.29, 1.82) is 0 Å². The van der Waals surface area contributed by atoms with Gasteiger partial charge in [0.05, 0.1) is 6.10 Å². The molecule has 1 fully saturated rings. The fourth-order valence-corrected chi connectivity index (χ4v) is 4.93. The van der Waals surface area contributed by atoms with Gasteiger partial charge in [0.15, 0.2) is 0 Å². The molecule has 0 spiro atoms. The van der Waals surface area contributed by atoms with Gasteiger partial charge in [-0.1, -0.05) is 36.6 Å². The maximum Gasteiger partial charge on any atom is 0.309 e. The number of hydrogen-bond donors (Lipinski definition) is 3. The largest absolute Gasteiger partial charge is 0.388 e. The van der Waals surface area contributed by atoms with E-state index in [1.54, 1.807) is 30.4 Å². The van der Waals surface area contributed by atoms with Crippen molar-refractivity contribution in [2.45, 2.75) is 50.7 Å². The molecule has 3 rings (SSSR count). The first-order valence-electron chi connectivity index (χ1n) is 9.48. The quantitative estimate of drug-likeness (QED) is 0.623. The Kier molecular flexibility index (Phi) is 6.75. The fraction of sp³-hybridized carbons (Fsp3) is 0.429. The van der Waals surface area contributed by atoms with E-state index in [4.69, 9.17) is 11.6 Å². The van der Waals surface area contributed by atoms with Crippen molar-refractivity contribution in [3.8, 4) is 0 Å². The van der Waals surface area contributed by atoms with Crippen LogP contribution in [0.1, 0.15) is 54.0 Å². The Balaban J connectivity index is 1.57. The van der Waals surface area contributed by atoms with Gasteiger partial charge in [-0.25, -0.2) is 0 Å². The van der Waals surface area contributed by atoms with Crippen molar-refractivity contribution >= 4 is 34.8 Å². The maximum absolute atomic E-state index is 12.3. The molecule has 2 amide bonds. The minimum Gasteiger partial charge on any atom is -0.388 e. The molecule has 3 N–H and O–H groups in total. The van der Waals surface area contributed by atoms with Gasteiger partial charge in [-0.3, -0.25) is 9.59 Å². The summed E-state index contributed by atoms with van der Waals surface area (Å²) in [5.41, 5.74) is 0.728. The van der Waals surface area contributed by atoms with Crippen LogP contribution in [0.3, 0.4) is 0 Å². The average Bonchev–Trinajstić information content (AvgIpc) is 3.35. The van der Waals surface area contributed by atoms with Crippen molar-refractivity contribution in [2.24, 2.45) is 0 Å². The van der Waals surface area contributed by atoms with Crippen LogP contribution in [0.25, 0.3) is 0 Å². The first kappa shape index (κ1) is 20.8. The second kappa shape index (κ2) is 9.07. The highest BCUT2D eigenvalue weighted by Crippen LogP contribution is 2.44. The summed E-state index contributed by atoms with van der Waals surface area (Å²) >= 11 is 7.44. The number of aliphatic hydroxyl groups is 1. The molecule has 0 radical (unpaired) electrons. The van der Waals surface area contributed by atoms with Gasteiger partial charge >= 0.3 is 11.8 Å². The van der Waals surface area contributed by atoms with Crippen LogP contribution in [0, 0.1) is 0 Å². The number of amides is 2. The number of aliphatic hydroxyl groups excluding tert-OH is 1. The Labute approximate surface area is 174 Å². The molecule has 0 aliphatic heterocycles. The van der Waals surface area contributed by atoms with Crippen LogP contribution in [0.2, 0.25) is 5.02 Å². The predicted molar refractivity (Wildman–Crippen MR) is 111 cm³/mol. The molecular formula is C21H25ClN2O3S. The third-order valence-corrected chi connectivity index (χ3v) is 7.04. The minimum absolute atomic E-state index is 0.149. The van der Waals surface area contributed by atoms with E-state index in [1.165, 1.54) is 4.88 Å². The standard InChI is InChI=1S/C21H25ClN2O3S/c1-14(25)17-8-9-18(28-17)21(10-2-3-11-21)13-24-20(27)19(26)23-12-15-4-6-16(22)7-5-15/h4-9,14,25H,2-3,10-13H2,1H3,(H,23,26)(H,24,27). The van der Waals surface area contributed by atoms with E-state index in [0.717, 1.165) is 36.1 Å². The first-order valence-corrected chi connectivity index (χ1v) is 10.7. The molecule has 1 saturated carbocycles. The first-order chi connectivity index (χ1) is 13.4. The molecule has 7 heteroatoms. The summed E-state index contributed by atoms with van der Waals surface area (Å²) in [5.74, 6) is -1.26. The van der Waals surface area contributed by atoms with Gasteiger partial charge in [0.25, 0.3) is 0 Å². The van der Waals surface area contributed by atoms with E-state index in [-0.39, 0.29) is 12.0 Å². The molecular weight excluding hydrogens is 396 g/mol. The number of carbonyl (C=O) groups is 2. The van der Waals surface area contributed by atoms with E-state index in [0.29, 0.717) is 11.6 Å². The molecule has 1 heterocycles. The van der Waals surface area contributed by atoms with Crippen molar-refractivity contribution in [3.05, 3.63) is 56.7 Å². The Morgan fingerprint density at radius 2 is 1.75 bits per heavy atom. The number of rotatable bonds is 6. The normalized spacial score (nSPS) is 16.5. The summed E-state index contributed by atoms with van der Waals surface area (Å²) in [6.07, 6.45) is 3.64. The summed E-state index contributed by atoms with van der Waals surface area (Å²) in [5, 5.41) is 15.9. The van der Waals surface area contributed by atoms with Gasteiger partial charge in [-0.2, -0.15) is 0 Å². The molecule has 28 heavy (non-hydrogen) atoms. The highest BCUT2D eigenvalue weighted by atomic mass is 35.5. The number of nitrogens with one attached hydrogen (secondary N) is 2. The zero-order valence-corrected chi connectivity index (χ0v) is 17.4. The highest BCUT2D eigenvalue weighted by Gasteiger charge is 2.37. The lowest BCUT2D eigenvalue weighted by molar-refractivity contribution is -0.139. The molecule has 0 saturated heterocycles. The Hall–Kier alpha value is -1.89. The van der Waals surface area contributed by atoms with Gasteiger partial charge in [0.1, 0.15) is 0 Å². The predicted octanol–water partition coefficient (Wildman–Crippen LogP) is 3.70. The number of hydrogen-bond acceptors (Lipinski definition) is 4. The van der Waals surface area contributed by atoms with Gasteiger partial charge in [-0.15, -0.1) is 11.3 Å². The van der Waals surface area contributed by atoms with E-state index in [2.05, 4.69) is 10.6 Å². The van der Waals surface area contributed by atoms with Crippen LogP contribution in [-0.4, -0.2) is 23.5 Å². The Morgan fingerprint density at radius 1 is 1.11 bits per heavy atom. The molecule has 150 valence electrons. The summed E-state index contributed by atoms with van der Waals surface area (Å²) in [7, 11) is 0. The Bertz CT molecular complexity index is 826. The summed E-state index contributed by atoms with van der Waals surface area (Å²) < 4.78 is 0. The average molecular weight is 421 g/mol. The van der Waals surface area contributed by atoms with Crippen molar-refractivity contribution in [1.82, 2.24) is 10.6 Å². The molecule has 1 atom stereocenters. The topological polar surface area (TPSA) is 78.4 Å². The molecule has 1 unspecified atom stereocenters. The smallest absolute Gasteiger partial charge is 0.309 e. The monoisotopic (exact) mass is 420 g/mol. The van der Waals surface area contributed by atoms with Gasteiger partial charge in [0, 0.05) is 33.3 Å². The highest BCUT2D eigenvalue weighted by molar-refractivity contribution is 7.12. The SMILES string of the molecule is CC(O)c1ccc(C2(CNC(=O)C(=O)NCc3ccc(Cl)cc3)CCCC2)s1. The third-order valence-electron chi connectivity index (χ3n) is 5.28. The van der Waals surface area contributed by atoms with Crippen LogP contribution in [0.5, 0.6) is 0 Å². The zero-order chi connectivity index (χ0) is 20.1. The zero-order valence-electron chi connectivity index (χ0n) is 15.8. The minimum atomic E-state index is -0.640. The number of thiophene rings is 1.